The van der Waals surface area contributed by atoms with Crippen LogP contribution in [0.3, 0.4) is 0 Å². The van der Waals surface area contributed by atoms with E-state index in [1.54, 1.807) is 13.8 Å². The van der Waals surface area contributed by atoms with Crippen LogP contribution in [0.25, 0.3) is 0 Å². The zero-order chi connectivity index (χ0) is 15.8. The second-order valence-corrected chi connectivity index (χ2v) is 8.35. The lowest BCUT2D eigenvalue weighted by molar-refractivity contribution is 0.0811. The maximum Gasteiger partial charge on any atom is 0.273 e. The van der Waals surface area contributed by atoms with Gasteiger partial charge in [0.25, 0.3) is 15.0 Å². The molecule has 0 radical (unpaired) electrons. The maximum absolute atomic E-state index is 12.4. The summed E-state index contributed by atoms with van der Waals surface area (Å²) in [6.07, 6.45) is 3.68. The van der Waals surface area contributed by atoms with Crippen LogP contribution in [0.2, 0.25) is 0 Å². The van der Waals surface area contributed by atoms with Crippen molar-refractivity contribution in [3.63, 3.8) is 0 Å². The fraction of sp³-hybridized carbons (Fsp3) is 0.692. The van der Waals surface area contributed by atoms with Gasteiger partial charge in [0.1, 0.15) is 4.90 Å². The highest BCUT2D eigenvalue weighted by Gasteiger charge is 2.39. The highest BCUT2D eigenvalue weighted by molar-refractivity contribution is 8.13. The lowest BCUT2D eigenvalue weighted by atomic mass is 9.75. The standard InChI is InChI=1S/C13H20ClN3O3S/c1-4-13(6-5-7-13)15-12(18)10-11(21(14,19)20)9(8(2)3)16-17-10/h8H,4-7H2,1-3H3,(H,15,18)(H,16,17). The van der Waals surface area contributed by atoms with Crippen LogP contribution >= 0.6 is 10.7 Å². The molecule has 2 rings (SSSR count). The lowest BCUT2D eigenvalue weighted by Crippen LogP contribution is -2.53. The first-order valence-electron chi connectivity index (χ1n) is 7.05. The first-order valence-corrected chi connectivity index (χ1v) is 9.36. The van der Waals surface area contributed by atoms with Gasteiger partial charge in [-0.15, -0.1) is 0 Å². The van der Waals surface area contributed by atoms with Crippen LogP contribution in [0.15, 0.2) is 4.90 Å². The van der Waals surface area contributed by atoms with Gasteiger partial charge in [-0.05, 0) is 31.6 Å². The Morgan fingerprint density at radius 2 is 2.10 bits per heavy atom. The topological polar surface area (TPSA) is 91.9 Å². The molecule has 1 saturated carbocycles. The minimum absolute atomic E-state index is 0.133. The van der Waals surface area contributed by atoms with E-state index in [1.165, 1.54) is 0 Å². The summed E-state index contributed by atoms with van der Waals surface area (Å²) >= 11 is 0. The SMILES string of the molecule is CCC1(NC(=O)c2n[nH]c(C(C)C)c2S(=O)(=O)Cl)CCC1. The van der Waals surface area contributed by atoms with Crippen molar-refractivity contribution in [2.45, 2.75) is 62.8 Å². The Hall–Kier alpha value is -1.08. The van der Waals surface area contributed by atoms with Gasteiger partial charge in [-0.3, -0.25) is 9.89 Å². The van der Waals surface area contributed by atoms with Crippen molar-refractivity contribution in [2.75, 3.05) is 0 Å². The normalized spacial score (nSPS) is 17.6. The summed E-state index contributed by atoms with van der Waals surface area (Å²) in [5, 5.41) is 9.42. The summed E-state index contributed by atoms with van der Waals surface area (Å²) in [4.78, 5) is 12.2. The van der Waals surface area contributed by atoms with Crippen molar-refractivity contribution in [1.82, 2.24) is 15.5 Å². The average molecular weight is 334 g/mol. The molecular formula is C13H20ClN3O3S. The zero-order valence-electron chi connectivity index (χ0n) is 12.4. The van der Waals surface area contributed by atoms with E-state index in [0.29, 0.717) is 5.69 Å². The van der Waals surface area contributed by atoms with Crippen molar-refractivity contribution in [1.29, 1.82) is 0 Å². The van der Waals surface area contributed by atoms with Crippen LogP contribution in [0.4, 0.5) is 0 Å². The van der Waals surface area contributed by atoms with Gasteiger partial charge in [0.2, 0.25) is 0 Å². The number of hydrogen-bond donors (Lipinski definition) is 2. The van der Waals surface area contributed by atoms with Crippen LogP contribution < -0.4 is 5.32 Å². The molecule has 1 amide bonds. The first kappa shape index (κ1) is 16.3. The van der Waals surface area contributed by atoms with Crippen molar-refractivity contribution >= 4 is 25.6 Å². The number of amides is 1. The Morgan fingerprint density at radius 3 is 2.48 bits per heavy atom. The molecular weight excluding hydrogens is 314 g/mol. The Kier molecular flexibility index (Phi) is 4.35. The molecule has 6 nitrogen and oxygen atoms in total. The van der Waals surface area contributed by atoms with Gasteiger partial charge in [0.05, 0.1) is 5.69 Å². The minimum Gasteiger partial charge on any atom is -0.345 e. The molecule has 1 fully saturated rings. The molecule has 0 saturated heterocycles. The molecule has 1 heterocycles. The van der Waals surface area contributed by atoms with Gasteiger partial charge in [0.15, 0.2) is 5.69 Å². The number of aromatic nitrogens is 2. The highest BCUT2D eigenvalue weighted by atomic mass is 35.7. The second kappa shape index (κ2) is 5.61. The predicted molar refractivity (Wildman–Crippen MR) is 80.1 cm³/mol. The van der Waals surface area contributed by atoms with Crippen molar-refractivity contribution < 1.29 is 13.2 Å². The fourth-order valence-corrected chi connectivity index (χ4v) is 3.99. The molecule has 1 aliphatic rings. The zero-order valence-corrected chi connectivity index (χ0v) is 13.9. The quantitative estimate of drug-likeness (QED) is 0.810. The van der Waals surface area contributed by atoms with Crippen molar-refractivity contribution in [2.24, 2.45) is 0 Å². The van der Waals surface area contributed by atoms with E-state index in [-0.39, 0.29) is 22.0 Å². The van der Waals surface area contributed by atoms with Crippen molar-refractivity contribution in [3.8, 4) is 0 Å². The summed E-state index contributed by atoms with van der Waals surface area (Å²) in [5.41, 5.74) is -0.0239. The number of carbonyl (C=O) groups is 1. The number of nitrogens with zero attached hydrogens (tertiary/aromatic N) is 1. The molecule has 2 N–H and O–H groups in total. The average Bonchev–Trinajstić information content (AvgIpc) is 2.78. The number of hydrogen-bond acceptors (Lipinski definition) is 4. The van der Waals surface area contributed by atoms with Gasteiger partial charge in [0, 0.05) is 16.2 Å². The van der Waals surface area contributed by atoms with Gasteiger partial charge < -0.3 is 5.32 Å². The molecule has 0 atom stereocenters. The third kappa shape index (κ3) is 3.08. The van der Waals surface area contributed by atoms with Crippen LogP contribution in [-0.4, -0.2) is 30.1 Å². The largest absolute Gasteiger partial charge is 0.345 e. The lowest BCUT2D eigenvalue weighted by Gasteiger charge is -2.41. The third-order valence-corrected chi connectivity index (χ3v) is 5.51. The molecule has 0 spiro atoms. The highest BCUT2D eigenvalue weighted by Crippen LogP contribution is 2.35. The fourth-order valence-electron chi connectivity index (χ4n) is 2.61. The summed E-state index contributed by atoms with van der Waals surface area (Å²) in [5.74, 6) is -0.620. The van der Waals surface area contributed by atoms with Gasteiger partial charge in [-0.1, -0.05) is 20.8 Å². The minimum atomic E-state index is -4.04. The molecule has 118 valence electrons. The van der Waals surface area contributed by atoms with E-state index in [2.05, 4.69) is 15.5 Å². The maximum atomic E-state index is 12.4. The number of carbonyl (C=O) groups excluding carboxylic acids is 1. The smallest absolute Gasteiger partial charge is 0.273 e. The number of nitrogens with one attached hydrogen (secondary N) is 2. The Labute approximate surface area is 129 Å². The Bertz CT molecular complexity index is 642. The van der Waals surface area contributed by atoms with E-state index in [4.69, 9.17) is 10.7 Å². The van der Waals surface area contributed by atoms with E-state index in [0.717, 1.165) is 25.7 Å². The molecule has 21 heavy (non-hydrogen) atoms. The second-order valence-electron chi connectivity index (χ2n) is 5.85. The number of aromatic amines is 1. The summed E-state index contributed by atoms with van der Waals surface area (Å²) in [7, 11) is 1.44. The molecule has 0 unspecified atom stereocenters. The molecule has 0 bridgehead atoms. The van der Waals surface area contributed by atoms with Crippen LogP contribution in [0.1, 0.15) is 68.6 Å². The summed E-state index contributed by atoms with van der Waals surface area (Å²) < 4.78 is 23.6. The van der Waals surface area contributed by atoms with Crippen LogP contribution in [-0.2, 0) is 9.05 Å². The van der Waals surface area contributed by atoms with Gasteiger partial charge in [-0.2, -0.15) is 5.10 Å². The summed E-state index contributed by atoms with van der Waals surface area (Å²) in [6.45, 7) is 5.61. The number of rotatable bonds is 5. The molecule has 8 heteroatoms. The van der Waals surface area contributed by atoms with E-state index in [1.807, 2.05) is 6.92 Å². The molecule has 0 aliphatic heterocycles. The monoisotopic (exact) mass is 333 g/mol. The van der Waals surface area contributed by atoms with E-state index >= 15 is 0 Å². The van der Waals surface area contributed by atoms with Crippen molar-refractivity contribution in [3.05, 3.63) is 11.4 Å². The predicted octanol–water partition coefficient (Wildman–Crippen LogP) is 2.52. The van der Waals surface area contributed by atoms with Gasteiger partial charge in [-0.25, -0.2) is 8.42 Å². The Morgan fingerprint density at radius 1 is 1.48 bits per heavy atom. The molecule has 0 aromatic carbocycles. The van der Waals surface area contributed by atoms with Crippen LogP contribution in [0, 0.1) is 0 Å². The van der Waals surface area contributed by atoms with Crippen LogP contribution in [0.5, 0.6) is 0 Å². The number of H-pyrrole nitrogens is 1. The summed E-state index contributed by atoms with van der Waals surface area (Å²) in [6, 6.07) is 0. The van der Waals surface area contributed by atoms with E-state index < -0.39 is 15.0 Å². The van der Waals surface area contributed by atoms with E-state index in [9.17, 15) is 13.2 Å². The Balaban J connectivity index is 2.38. The number of halogens is 1. The molecule has 1 aromatic rings. The van der Waals surface area contributed by atoms with Gasteiger partial charge >= 0.3 is 0 Å². The molecule has 1 aliphatic carbocycles. The third-order valence-electron chi connectivity index (χ3n) is 4.15. The first-order chi connectivity index (χ1) is 9.70. The molecule has 1 aromatic heterocycles.